The first kappa shape index (κ1) is 12.3. The molecule has 0 aliphatic heterocycles. The highest BCUT2D eigenvalue weighted by Gasteiger charge is 2.21. The largest absolute Gasteiger partial charge is 0.480 e. The van der Waals surface area contributed by atoms with E-state index in [1.165, 1.54) is 0 Å². The fraction of sp³-hybridized carbons (Fsp3) is 0.250. The number of carbonyl (C=O) groups is 1. The van der Waals surface area contributed by atoms with Crippen LogP contribution in [-0.2, 0) is 4.79 Å². The highest BCUT2D eigenvalue weighted by Crippen LogP contribution is 2.18. The summed E-state index contributed by atoms with van der Waals surface area (Å²) >= 11 is 0. The molecule has 1 atom stereocenters. The van der Waals surface area contributed by atoms with Gasteiger partial charge in [0, 0.05) is 11.9 Å². The predicted molar refractivity (Wildman–Crippen MR) is 66.0 cm³/mol. The molecule has 0 radical (unpaired) electrons. The van der Waals surface area contributed by atoms with Crippen LogP contribution < -0.4 is 5.32 Å². The van der Waals surface area contributed by atoms with Crippen molar-refractivity contribution in [3.63, 3.8) is 0 Å². The summed E-state index contributed by atoms with van der Waals surface area (Å²) in [6.07, 6.45) is 1.79. The lowest BCUT2D eigenvalue weighted by molar-refractivity contribution is -0.139. The number of aryl methyl sites for hydroxylation is 1. The summed E-state index contributed by atoms with van der Waals surface area (Å²) < 4.78 is 0. The monoisotopic (exact) mass is 246 g/mol. The Balaban J connectivity index is 2.47. The van der Waals surface area contributed by atoms with Crippen LogP contribution in [0.3, 0.4) is 0 Å². The van der Waals surface area contributed by atoms with Crippen molar-refractivity contribution in [2.75, 3.05) is 7.05 Å². The average molecular weight is 246 g/mol. The molecule has 0 amide bonds. The first-order valence-corrected chi connectivity index (χ1v) is 5.51. The molecule has 0 saturated carbocycles. The minimum atomic E-state index is -1.000. The van der Waals surface area contributed by atoms with Gasteiger partial charge in [0.2, 0.25) is 0 Å². The Morgan fingerprint density at radius 3 is 2.83 bits per heavy atom. The number of hydrogen-bond acceptors (Lipinski definition) is 4. The molecule has 0 saturated heterocycles. The molecular formula is C12H14N4O2. The quantitative estimate of drug-likeness (QED) is 0.752. The third-order valence-electron chi connectivity index (χ3n) is 2.54. The highest BCUT2D eigenvalue weighted by atomic mass is 16.4. The molecule has 1 unspecified atom stereocenters. The summed E-state index contributed by atoms with van der Waals surface area (Å²) in [6.45, 7) is 1.81. The molecule has 94 valence electrons. The molecule has 2 rings (SSSR count). The first-order chi connectivity index (χ1) is 8.61. The number of likely N-dealkylation sites (N-methyl/N-ethyl adjacent to an activating group) is 1. The molecule has 2 aromatic rings. The van der Waals surface area contributed by atoms with Gasteiger partial charge in [0.25, 0.3) is 0 Å². The molecule has 2 aromatic heterocycles. The van der Waals surface area contributed by atoms with E-state index in [-0.39, 0.29) is 5.82 Å². The van der Waals surface area contributed by atoms with Crippen LogP contribution in [0.25, 0.3) is 11.4 Å². The maximum atomic E-state index is 11.1. The molecule has 18 heavy (non-hydrogen) atoms. The molecule has 0 spiro atoms. The number of aromatic nitrogens is 3. The Hall–Kier alpha value is -2.21. The van der Waals surface area contributed by atoms with Crippen LogP contribution in [0, 0.1) is 6.92 Å². The van der Waals surface area contributed by atoms with Crippen LogP contribution >= 0.6 is 0 Å². The van der Waals surface area contributed by atoms with Gasteiger partial charge in [-0.2, -0.15) is 0 Å². The van der Waals surface area contributed by atoms with Crippen molar-refractivity contribution in [2.24, 2.45) is 0 Å². The Bertz CT molecular complexity index is 551. The summed E-state index contributed by atoms with van der Waals surface area (Å²) in [5.41, 5.74) is 2.25. The fourth-order valence-electron chi connectivity index (χ4n) is 1.71. The zero-order valence-corrected chi connectivity index (χ0v) is 10.1. The van der Waals surface area contributed by atoms with Crippen LogP contribution in [0.1, 0.15) is 17.6 Å². The van der Waals surface area contributed by atoms with Crippen molar-refractivity contribution in [1.29, 1.82) is 0 Å². The van der Waals surface area contributed by atoms with Gasteiger partial charge in [0.15, 0.2) is 11.9 Å². The second kappa shape index (κ2) is 4.97. The number of nitrogens with zero attached hydrogens (tertiary/aromatic N) is 2. The van der Waals surface area contributed by atoms with Crippen molar-refractivity contribution >= 4 is 5.97 Å². The second-order valence-corrected chi connectivity index (χ2v) is 3.90. The molecular weight excluding hydrogens is 232 g/mol. The number of aliphatic carboxylic acids is 1. The third-order valence-corrected chi connectivity index (χ3v) is 2.54. The minimum absolute atomic E-state index is 0.259. The predicted octanol–water partition coefficient (Wildman–Crippen LogP) is 1.13. The maximum absolute atomic E-state index is 11.1. The van der Waals surface area contributed by atoms with E-state index in [4.69, 9.17) is 5.11 Å². The van der Waals surface area contributed by atoms with E-state index in [0.29, 0.717) is 5.69 Å². The number of hydrogen-bond donors (Lipinski definition) is 3. The van der Waals surface area contributed by atoms with E-state index in [9.17, 15) is 4.79 Å². The number of rotatable bonds is 4. The molecule has 0 aromatic carbocycles. The zero-order chi connectivity index (χ0) is 13.1. The van der Waals surface area contributed by atoms with Gasteiger partial charge in [0.1, 0.15) is 0 Å². The molecule has 6 nitrogen and oxygen atoms in total. The summed E-state index contributed by atoms with van der Waals surface area (Å²) in [6, 6.07) is 4.64. The SMILES string of the molecule is CNC(C(=O)O)c1nc(C)cc(-c2ccc[nH]2)n1. The van der Waals surface area contributed by atoms with Gasteiger partial charge in [0.05, 0.1) is 11.4 Å². The van der Waals surface area contributed by atoms with E-state index in [1.807, 2.05) is 25.1 Å². The fourth-order valence-corrected chi connectivity index (χ4v) is 1.71. The van der Waals surface area contributed by atoms with E-state index in [0.717, 1.165) is 11.4 Å². The van der Waals surface area contributed by atoms with Gasteiger partial charge in [-0.05, 0) is 32.2 Å². The third kappa shape index (κ3) is 2.38. The number of carboxylic acid groups (broad SMARTS) is 1. The lowest BCUT2D eigenvalue weighted by atomic mass is 10.2. The molecule has 0 bridgehead atoms. The van der Waals surface area contributed by atoms with Crippen molar-refractivity contribution in [1.82, 2.24) is 20.3 Å². The lowest BCUT2D eigenvalue weighted by Gasteiger charge is -2.11. The molecule has 0 fully saturated rings. The molecule has 0 aliphatic carbocycles. The lowest BCUT2D eigenvalue weighted by Crippen LogP contribution is -2.27. The number of H-pyrrole nitrogens is 1. The van der Waals surface area contributed by atoms with E-state index < -0.39 is 12.0 Å². The van der Waals surface area contributed by atoms with Crippen LogP contribution in [0.5, 0.6) is 0 Å². The number of aromatic amines is 1. The van der Waals surface area contributed by atoms with Gasteiger partial charge in [-0.1, -0.05) is 0 Å². The van der Waals surface area contributed by atoms with Gasteiger partial charge in [-0.3, -0.25) is 4.79 Å². The normalized spacial score (nSPS) is 12.3. The van der Waals surface area contributed by atoms with Crippen molar-refractivity contribution in [3.05, 3.63) is 35.9 Å². The molecule has 2 heterocycles. The van der Waals surface area contributed by atoms with Crippen molar-refractivity contribution in [3.8, 4) is 11.4 Å². The van der Waals surface area contributed by atoms with Gasteiger partial charge in [-0.15, -0.1) is 0 Å². The summed E-state index contributed by atoms with van der Waals surface area (Å²) in [5, 5.41) is 11.8. The number of carboxylic acids is 1. The first-order valence-electron chi connectivity index (χ1n) is 5.51. The van der Waals surface area contributed by atoms with Crippen LogP contribution in [0.2, 0.25) is 0 Å². The zero-order valence-electron chi connectivity index (χ0n) is 10.1. The summed E-state index contributed by atoms with van der Waals surface area (Å²) in [5.74, 6) is -0.741. The van der Waals surface area contributed by atoms with E-state index >= 15 is 0 Å². The van der Waals surface area contributed by atoms with Gasteiger partial charge < -0.3 is 15.4 Å². The minimum Gasteiger partial charge on any atom is -0.480 e. The Labute approximate surface area is 104 Å². The average Bonchev–Trinajstić information content (AvgIpc) is 2.82. The maximum Gasteiger partial charge on any atom is 0.328 e. The van der Waals surface area contributed by atoms with E-state index in [2.05, 4.69) is 20.3 Å². The standard InChI is InChI=1S/C12H14N4O2/c1-7-6-9(8-4-3-5-14-8)16-11(15-7)10(13-2)12(17)18/h3-6,10,13-14H,1-2H3,(H,17,18). The Morgan fingerprint density at radius 2 is 2.28 bits per heavy atom. The van der Waals surface area contributed by atoms with Gasteiger partial charge >= 0.3 is 5.97 Å². The molecule has 3 N–H and O–H groups in total. The second-order valence-electron chi connectivity index (χ2n) is 3.90. The Morgan fingerprint density at radius 1 is 1.50 bits per heavy atom. The van der Waals surface area contributed by atoms with Crippen molar-refractivity contribution in [2.45, 2.75) is 13.0 Å². The van der Waals surface area contributed by atoms with Crippen LogP contribution in [0.15, 0.2) is 24.4 Å². The van der Waals surface area contributed by atoms with Crippen LogP contribution in [0.4, 0.5) is 0 Å². The molecule has 6 heteroatoms. The smallest absolute Gasteiger partial charge is 0.328 e. The van der Waals surface area contributed by atoms with Crippen LogP contribution in [-0.4, -0.2) is 33.1 Å². The highest BCUT2D eigenvalue weighted by molar-refractivity contribution is 5.74. The van der Waals surface area contributed by atoms with E-state index in [1.54, 1.807) is 13.2 Å². The molecule has 0 aliphatic rings. The van der Waals surface area contributed by atoms with Crippen molar-refractivity contribution < 1.29 is 9.90 Å². The summed E-state index contributed by atoms with van der Waals surface area (Å²) in [7, 11) is 1.57. The number of nitrogens with one attached hydrogen (secondary N) is 2. The topological polar surface area (TPSA) is 90.9 Å². The van der Waals surface area contributed by atoms with Gasteiger partial charge in [-0.25, -0.2) is 9.97 Å². The summed E-state index contributed by atoms with van der Waals surface area (Å²) in [4.78, 5) is 22.6. The Kier molecular flexibility index (Phi) is 3.38.